The molecule has 0 fully saturated rings. The molecular formula is C14H20N2O. The molecule has 0 spiro atoms. The van der Waals surface area contributed by atoms with Crippen LogP contribution in [0.5, 0.6) is 0 Å². The quantitative estimate of drug-likeness (QED) is 0.769. The molecule has 0 heterocycles. The molecule has 0 radical (unpaired) electrons. The molecule has 0 aromatic heterocycles. The summed E-state index contributed by atoms with van der Waals surface area (Å²) in [5.41, 5.74) is 4.21. The number of benzene rings is 1. The van der Waals surface area contributed by atoms with Gasteiger partial charge in [0.15, 0.2) is 5.78 Å². The van der Waals surface area contributed by atoms with Gasteiger partial charge in [0.05, 0.1) is 0 Å². The van der Waals surface area contributed by atoms with Gasteiger partial charge in [-0.1, -0.05) is 13.8 Å². The fraction of sp³-hybridized carbons (Fsp3) is 0.429. The Kier molecular flexibility index (Phi) is 4.44. The molecule has 0 amide bonds. The zero-order valence-electron chi connectivity index (χ0n) is 11.0. The Bertz CT molecular complexity index is 450. The van der Waals surface area contributed by atoms with E-state index in [4.69, 9.17) is 5.41 Å². The Morgan fingerprint density at radius 2 is 1.94 bits per heavy atom. The Balaban J connectivity index is 0.000000686. The minimum absolute atomic E-state index is 0.204. The second kappa shape index (κ2) is 5.62. The van der Waals surface area contributed by atoms with E-state index >= 15 is 0 Å². The highest BCUT2D eigenvalue weighted by atomic mass is 16.1. The topological polar surface area (TPSA) is 53.0 Å². The van der Waals surface area contributed by atoms with E-state index in [1.807, 2.05) is 33.0 Å². The molecule has 0 aliphatic heterocycles. The number of fused-ring (bicyclic) bond motifs is 1. The average Bonchev–Trinajstić information content (AvgIpc) is 2.72. The van der Waals surface area contributed by atoms with E-state index in [9.17, 15) is 4.79 Å². The summed E-state index contributed by atoms with van der Waals surface area (Å²) in [4.78, 5) is 11.5. The standard InChI is InChI=1S/C12H14N2O.C2H6/c1-7(13)12-9-4-6-11(15)8(9)3-5-10(12)14-2;1-2/h3,5,13-14H,4,6H2,1-2H3;1-2H3. The van der Waals surface area contributed by atoms with E-state index in [0.29, 0.717) is 12.1 Å². The molecule has 1 aromatic rings. The normalized spacial score (nSPS) is 12.6. The minimum Gasteiger partial charge on any atom is -0.388 e. The van der Waals surface area contributed by atoms with Crippen molar-refractivity contribution in [2.24, 2.45) is 0 Å². The Morgan fingerprint density at radius 1 is 1.29 bits per heavy atom. The van der Waals surface area contributed by atoms with Gasteiger partial charge in [-0.2, -0.15) is 0 Å². The molecule has 1 aromatic carbocycles. The van der Waals surface area contributed by atoms with Crippen LogP contribution in [0.15, 0.2) is 12.1 Å². The Labute approximate surface area is 103 Å². The van der Waals surface area contributed by atoms with Crippen molar-refractivity contribution < 1.29 is 4.79 Å². The fourth-order valence-electron chi connectivity index (χ4n) is 2.18. The van der Waals surface area contributed by atoms with Crippen LogP contribution in [0.25, 0.3) is 0 Å². The first kappa shape index (κ1) is 13.4. The van der Waals surface area contributed by atoms with Crippen molar-refractivity contribution in [3.8, 4) is 0 Å². The zero-order chi connectivity index (χ0) is 13.0. The van der Waals surface area contributed by atoms with Crippen LogP contribution in [-0.4, -0.2) is 18.5 Å². The highest BCUT2D eigenvalue weighted by molar-refractivity contribution is 6.09. The molecule has 0 saturated heterocycles. The smallest absolute Gasteiger partial charge is 0.163 e. The first-order valence-corrected chi connectivity index (χ1v) is 6.07. The van der Waals surface area contributed by atoms with Crippen LogP contribution in [0.3, 0.4) is 0 Å². The summed E-state index contributed by atoms with van der Waals surface area (Å²) in [6.45, 7) is 5.76. The SMILES string of the molecule is CC.CNc1ccc2c(c1C(C)=N)CCC2=O. The first-order chi connectivity index (χ1) is 8.15. The lowest BCUT2D eigenvalue weighted by molar-refractivity contribution is 0.0994. The van der Waals surface area contributed by atoms with Gasteiger partial charge in [-0.15, -0.1) is 0 Å². The first-order valence-electron chi connectivity index (χ1n) is 6.07. The molecule has 0 atom stereocenters. The van der Waals surface area contributed by atoms with Crippen molar-refractivity contribution in [3.05, 3.63) is 28.8 Å². The molecule has 0 unspecified atom stereocenters. The number of carbonyl (C=O) groups is 1. The van der Waals surface area contributed by atoms with Crippen molar-refractivity contribution in [1.29, 1.82) is 5.41 Å². The van der Waals surface area contributed by atoms with Gasteiger partial charge in [0.2, 0.25) is 0 Å². The highest BCUT2D eigenvalue weighted by Crippen LogP contribution is 2.30. The highest BCUT2D eigenvalue weighted by Gasteiger charge is 2.24. The minimum atomic E-state index is 0.204. The number of carbonyl (C=O) groups excluding carboxylic acids is 1. The maximum atomic E-state index is 11.5. The molecule has 0 saturated carbocycles. The molecule has 0 bridgehead atoms. The lowest BCUT2D eigenvalue weighted by Crippen LogP contribution is -2.05. The summed E-state index contributed by atoms with van der Waals surface area (Å²) in [5, 5.41) is 10.8. The van der Waals surface area contributed by atoms with Crippen molar-refractivity contribution in [1.82, 2.24) is 0 Å². The number of ketones is 1. The molecular weight excluding hydrogens is 212 g/mol. The third-order valence-electron chi connectivity index (χ3n) is 2.86. The number of Topliss-reactive ketones (excluding diaryl/α,β-unsaturated/α-hetero) is 1. The molecule has 2 rings (SSSR count). The lowest BCUT2D eigenvalue weighted by atomic mass is 9.98. The second-order valence-electron chi connectivity index (χ2n) is 3.81. The van der Waals surface area contributed by atoms with Crippen LogP contribution in [-0.2, 0) is 6.42 Å². The summed E-state index contributed by atoms with van der Waals surface area (Å²) in [5.74, 6) is 0.204. The number of hydrogen-bond donors (Lipinski definition) is 2. The summed E-state index contributed by atoms with van der Waals surface area (Å²) in [6, 6.07) is 3.75. The van der Waals surface area contributed by atoms with E-state index in [2.05, 4.69) is 5.32 Å². The van der Waals surface area contributed by atoms with Crippen LogP contribution >= 0.6 is 0 Å². The number of rotatable bonds is 2. The van der Waals surface area contributed by atoms with Crippen LogP contribution in [0.1, 0.15) is 48.7 Å². The predicted molar refractivity (Wildman–Crippen MR) is 72.5 cm³/mol. The molecule has 1 aliphatic carbocycles. The average molecular weight is 232 g/mol. The third-order valence-corrected chi connectivity index (χ3v) is 2.86. The number of anilines is 1. The van der Waals surface area contributed by atoms with E-state index in [0.717, 1.165) is 28.8 Å². The predicted octanol–water partition coefficient (Wildman–Crippen LogP) is 3.27. The van der Waals surface area contributed by atoms with Gasteiger partial charge in [0, 0.05) is 36.0 Å². The largest absolute Gasteiger partial charge is 0.388 e. The van der Waals surface area contributed by atoms with Crippen LogP contribution in [0.2, 0.25) is 0 Å². The third kappa shape index (κ3) is 2.38. The lowest BCUT2D eigenvalue weighted by Gasteiger charge is -2.12. The van der Waals surface area contributed by atoms with E-state index < -0.39 is 0 Å². The van der Waals surface area contributed by atoms with Gasteiger partial charge < -0.3 is 10.7 Å². The monoisotopic (exact) mass is 232 g/mol. The van der Waals surface area contributed by atoms with Crippen molar-refractivity contribution in [2.45, 2.75) is 33.6 Å². The molecule has 2 N–H and O–H groups in total. The molecule has 3 nitrogen and oxygen atoms in total. The molecule has 3 heteroatoms. The molecule has 1 aliphatic rings. The van der Waals surface area contributed by atoms with Gasteiger partial charge in [0.1, 0.15) is 0 Å². The summed E-state index contributed by atoms with van der Waals surface area (Å²) < 4.78 is 0. The van der Waals surface area contributed by atoms with Gasteiger partial charge in [0.25, 0.3) is 0 Å². The van der Waals surface area contributed by atoms with Crippen molar-refractivity contribution >= 4 is 17.2 Å². The van der Waals surface area contributed by atoms with Gasteiger partial charge in [-0.3, -0.25) is 4.79 Å². The molecule has 17 heavy (non-hydrogen) atoms. The van der Waals surface area contributed by atoms with Crippen LogP contribution in [0, 0.1) is 5.41 Å². The van der Waals surface area contributed by atoms with Crippen molar-refractivity contribution in [3.63, 3.8) is 0 Å². The Morgan fingerprint density at radius 3 is 2.47 bits per heavy atom. The number of nitrogens with one attached hydrogen (secondary N) is 2. The maximum absolute atomic E-state index is 11.5. The van der Waals surface area contributed by atoms with Crippen LogP contribution in [0.4, 0.5) is 5.69 Å². The van der Waals surface area contributed by atoms with E-state index in [1.165, 1.54) is 0 Å². The number of hydrogen-bond acceptors (Lipinski definition) is 3. The summed E-state index contributed by atoms with van der Waals surface area (Å²) >= 11 is 0. The van der Waals surface area contributed by atoms with E-state index in [-0.39, 0.29) is 5.78 Å². The molecule has 92 valence electrons. The summed E-state index contributed by atoms with van der Waals surface area (Å²) in [6.07, 6.45) is 1.36. The van der Waals surface area contributed by atoms with Gasteiger partial charge >= 0.3 is 0 Å². The second-order valence-corrected chi connectivity index (χ2v) is 3.81. The van der Waals surface area contributed by atoms with Gasteiger partial charge in [-0.25, -0.2) is 0 Å². The van der Waals surface area contributed by atoms with Gasteiger partial charge in [-0.05, 0) is 31.0 Å². The maximum Gasteiger partial charge on any atom is 0.163 e. The van der Waals surface area contributed by atoms with Crippen molar-refractivity contribution in [2.75, 3.05) is 12.4 Å². The summed E-state index contributed by atoms with van der Waals surface area (Å²) in [7, 11) is 1.84. The fourth-order valence-corrected chi connectivity index (χ4v) is 2.18. The van der Waals surface area contributed by atoms with Crippen LogP contribution < -0.4 is 5.32 Å². The zero-order valence-corrected chi connectivity index (χ0v) is 11.0. The Hall–Kier alpha value is -1.64. The van der Waals surface area contributed by atoms with E-state index in [1.54, 1.807) is 6.92 Å².